The maximum absolute atomic E-state index is 12.6. The fourth-order valence-electron chi connectivity index (χ4n) is 2.75. The summed E-state index contributed by atoms with van der Waals surface area (Å²) in [4.78, 5) is 15.5. The lowest BCUT2D eigenvalue weighted by molar-refractivity contribution is -0.274. The fourth-order valence-corrected chi connectivity index (χ4v) is 2.94. The minimum absolute atomic E-state index is 0.116. The van der Waals surface area contributed by atoms with Crippen molar-refractivity contribution in [2.45, 2.75) is 13.3 Å². The van der Waals surface area contributed by atoms with E-state index in [0.29, 0.717) is 28.3 Å². The van der Waals surface area contributed by atoms with Crippen LogP contribution in [0.2, 0.25) is 5.02 Å². The van der Waals surface area contributed by atoms with E-state index in [1.165, 1.54) is 12.1 Å². The highest BCUT2D eigenvalue weighted by molar-refractivity contribution is 6.33. The van der Waals surface area contributed by atoms with Gasteiger partial charge in [0.15, 0.2) is 0 Å². The summed E-state index contributed by atoms with van der Waals surface area (Å²) in [5.41, 5.74) is 1.19. The summed E-state index contributed by atoms with van der Waals surface area (Å²) in [6.45, 7) is 1.68. The van der Waals surface area contributed by atoms with Crippen molar-refractivity contribution >= 4 is 17.8 Å². The third-order valence-electron chi connectivity index (χ3n) is 3.98. The molecule has 0 unspecified atom stereocenters. The van der Waals surface area contributed by atoms with Gasteiger partial charge in [0.2, 0.25) is 5.43 Å². The lowest BCUT2D eigenvalue weighted by Crippen LogP contribution is -2.16. The molecule has 10 heteroatoms. The second-order valence-electron chi connectivity index (χ2n) is 6.07. The maximum atomic E-state index is 12.6. The molecular weight excluding hydrogens is 425 g/mol. The number of halogens is 4. The van der Waals surface area contributed by atoms with E-state index in [1.807, 2.05) is 0 Å². The Morgan fingerprint density at radius 2 is 1.57 bits per heavy atom. The number of nitrogens with zero attached hydrogens (tertiary/aromatic N) is 1. The molecule has 0 bridgehead atoms. The molecule has 3 rings (SSSR count). The summed E-state index contributed by atoms with van der Waals surface area (Å²) in [7, 11) is 0. The van der Waals surface area contributed by atoms with Gasteiger partial charge in [0.1, 0.15) is 22.3 Å². The molecule has 0 saturated heterocycles. The number of aryl methyl sites for hydroxylation is 1. The van der Waals surface area contributed by atoms with E-state index in [-0.39, 0.29) is 16.5 Å². The minimum Gasteiger partial charge on any atom is -0.457 e. The number of oxime groups is 1. The van der Waals surface area contributed by atoms with E-state index >= 15 is 0 Å². The highest BCUT2D eigenvalue weighted by Crippen LogP contribution is 2.29. The Hall–Kier alpha value is -3.46. The van der Waals surface area contributed by atoms with Crippen LogP contribution in [-0.2, 0) is 0 Å². The molecule has 3 aromatic rings. The first-order valence-corrected chi connectivity index (χ1v) is 8.79. The molecule has 0 amide bonds. The molecule has 0 aliphatic heterocycles. The van der Waals surface area contributed by atoms with Gasteiger partial charge in [-0.15, -0.1) is 13.2 Å². The zero-order chi connectivity index (χ0) is 21.9. The van der Waals surface area contributed by atoms with Crippen LogP contribution in [0.15, 0.2) is 58.5 Å². The number of aromatic amines is 1. The summed E-state index contributed by atoms with van der Waals surface area (Å²) in [6, 6.07) is 11.4. The van der Waals surface area contributed by atoms with Gasteiger partial charge in [-0.25, -0.2) is 0 Å². The number of hydrogen-bond donors (Lipinski definition) is 2. The molecular formula is C20H14ClF3N2O4. The Morgan fingerprint density at radius 1 is 1.03 bits per heavy atom. The zero-order valence-corrected chi connectivity index (χ0v) is 16.1. The molecule has 0 aliphatic carbocycles. The summed E-state index contributed by atoms with van der Waals surface area (Å²) in [6.07, 6.45) is -3.73. The number of H-pyrrole nitrogens is 1. The van der Waals surface area contributed by atoms with Crippen LogP contribution in [0.25, 0.3) is 11.1 Å². The number of alkyl halides is 3. The largest absolute Gasteiger partial charge is 0.573 e. The van der Waals surface area contributed by atoms with E-state index in [2.05, 4.69) is 14.9 Å². The topological polar surface area (TPSA) is 83.9 Å². The molecule has 2 aromatic carbocycles. The second-order valence-corrected chi connectivity index (χ2v) is 6.45. The van der Waals surface area contributed by atoms with Crippen LogP contribution in [-0.4, -0.2) is 22.8 Å². The third-order valence-corrected chi connectivity index (χ3v) is 4.36. The van der Waals surface area contributed by atoms with Gasteiger partial charge in [-0.2, -0.15) is 0 Å². The summed E-state index contributed by atoms with van der Waals surface area (Å²) in [5, 5.41) is 11.4. The van der Waals surface area contributed by atoms with Gasteiger partial charge in [0.05, 0.1) is 11.9 Å². The average molecular weight is 439 g/mol. The smallest absolute Gasteiger partial charge is 0.457 e. The third kappa shape index (κ3) is 4.93. The van der Waals surface area contributed by atoms with Crippen LogP contribution >= 0.6 is 11.6 Å². The molecule has 6 nitrogen and oxygen atoms in total. The summed E-state index contributed by atoms with van der Waals surface area (Å²) >= 11 is 6.04. The Balaban J connectivity index is 1.81. The second kappa shape index (κ2) is 8.50. The first-order valence-electron chi connectivity index (χ1n) is 8.42. The Labute approximate surface area is 173 Å². The Morgan fingerprint density at radius 3 is 2.10 bits per heavy atom. The number of hydrogen-bond acceptors (Lipinski definition) is 5. The standard InChI is InChI=1S/C20H14ClF3N2O4/c1-11-17(19(27)18(21)16(26-11)10-25-28)12-2-4-13(5-3-12)29-14-6-8-15(9-7-14)30-20(22,23)24/h2-10,28H,1H3,(H,26,27)/b25-10+. The van der Waals surface area contributed by atoms with E-state index in [9.17, 15) is 18.0 Å². The van der Waals surface area contributed by atoms with Crippen molar-refractivity contribution < 1.29 is 27.9 Å². The van der Waals surface area contributed by atoms with Gasteiger partial charge in [-0.1, -0.05) is 28.9 Å². The number of benzene rings is 2. The van der Waals surface area contributed by atoms with Crippen LogP contribution in [0.5, 0.6) is 17.2 Å². The predicted molar refractivity (Wildman–Crippen MR) is 105 cm³/mol. The summed E-state index contributed by atoms with van der Waals surface area (Å²) in [5.74, 6) is 0.362. The van der Waals surface area contributed by atoms with E-state index in [1.54, 1.807) is 31.2 Å². The normalized spacial score (nSPS) is 11.6. The molecule has 0 radical (unpaired) electrons. The molecule has 0 fully saturated rings. The minimum atomic E-state index is -4.76. The maximum Gasteiger partial charge on any atom is 0.573 e. The van der Waals surface area contributed by atoms with Gasteiger partial charge in [-0.3, -0.25) is 4.79 Å². The van der Waals surface area contributed by atoms with Crippen LogP contribution < -0.4 is 14.9 Å². The van der Waals surface area contributed by atoms with E-state index in [0.717, 1.165) is 18.3 Å². The SMILES string of the molecule is Cc1[nH]c(/C=N/O)c(Cl)c(=O)c1-c1ccc(Oc2ccc(OC(F)(F)F)cc2)cc1. The number of ether oxygens (including phenoxy) is 2. The van der Waals surface area contributed by atoms with E-state index < -0.39 is 11.8 Å². The first kappa shape index (κ1) is 21.3. The highest BCUT2D eigenvalue weighted by atomic mass is 35.5. The van der Waals surface area contributed by atoms with Crippen LogP contribution in [0.1, 0.15) is 11.4 Å². The van der Waals surface area contributed by atoms with Crippen molar-refractivity contribution in [3.8, 4) is 28.4 Å². The number of nitrogens with one attached hydrogen (secondary N) is 1. The van der Waals surface area contributed by atoms with Crippen LogP contribution in [0.3, 0.4) is 0 Å². The van der Waals surface area contributed by atoms with Gasteiger partial charge in [0, 0.05) is 11.3 Å². The van der Waals surface area contributed by atoms with Crippen LogP contribution in [0, 0.1) is 6.92 Å². The van der Waals surface area contributed by atoms with Crippen molar-refractivity contribution in [3.63, 3.8) is 0 Å². The van der Waals surface area contributed by atoms with Gasteiger partial charge >= 0.3 is 6.36 Å². The Bertz CT molecular complexity index is 1130. The molecule has 1 aromatic heterocycles. The zero-order valence-electron chi connectivity index (χ0n) is 15.3. The quantitative estimate of drug-likeness (QED) is 0.313. The van der Waals surface area contributed by atoms with Crippen molar-refractivity contribution in [3.05, 3.63) is 75.2 Å². The van der Waals surface area contributed by atoms with Gasteiger partial charge < -0.3 is 19.7 Å². The van der Waals surface area contributed by atoms with Crippen molar-refractivity contribution in [1.29, 1.82) is 0 Å². The highest BCUT2D eigenvalue weighted by Gasteiger charge is 2.31. The van der Waals surface area contributed by atoms with Gasteiger partial charge in [-0.05, 0) is 48.9 Å². The lowest BCUT2D eigenvalue weighted by Gasteiger charge is -2.11. The monoisotopic (exact) mass is 438 g/mol. The van der Waals surface area contributed by atoms with Crippen LogP contribution in [0.4, 0.5) is 13.2 Å². The lowest BCUT2D eigenvalue weighted by atomic mass is 10.0. The molecule has 156 valence electrons. The molecule has 0 spiro atoms. The molecule has 30 heavy (non-hydrogen) atoms. The number of aromatic nitrogens is 1. The predicted octanol–water partition coefficient (Wildman–Crippen LogP) is 5.50. The van der Waals surface area contributed by atoms with E-state index in [4.69, 9.17) is 21.5 Å². The molecule has 2 N–H and O–H groups in total. The average Bonchev–Trinajstić information content (AvgIpc) is 2.68. The Kier molecular flexibility index (Phi) is 6.02. The van der Waals surface area contributed by atoms with Crippen molar-refractivity contribution in [2.75, 3.05) is 0 Å². The summed E-state index contributed by atoms with van der Waals surface area (Å²) < 4.78 is 46.0. The fraction of sp³-hybridized carbons (Fsp3) is 0.100. The first-order chi connectivity index (χ1) is 14.2. The number of pyridine rings is 1. The van der Waals surface area contributed by atoms with Crippen molar-refractivity contribution in [2.24, 2.45) is 5.16 Å². The molecule has 0 saturated carbocycles. The van der Waals surface area contributed by atoms with Gasteiger partial charge in [0.25, 0.3) is 0 Å². The number of rotatable bonds is 5. The molecule has 0 atom stereocenters. The van der Waals surface area contributed by atoms with Crippen molar-refractivity contribution in [1.82, 2.24) is 4.98 Å². The molecule has 1 heterocycles. The molecule has 0 aliphatic rings.